The Balaban J connectivity index is 2.73. The molecular weight excluding hydrogens is 201 g/mol. The molecule has 1 aliphatic rings. The lowest BCUT2D eigenvalue weighted by Crippen LogP contribution is -2.29. The number of rotatable bonds is 2. The third-order valence-electron chi connectivity index (χ3n) is 2.48. The minimum absolute atomic E-state index is 0.220. The Hall–Kier alpha value is 0.01000. The largest absolute Gasteiger partial charge is 0.394 e. The third-order valence-corrected chi connectivity index (χ3v) is 3.63. The molecule has 0 radical (unpaired) electrons. The highest BCUT2D eigenvalue weighted by molar-refractivity contribution is 7.53. The molecule has 78 valence electrons. The smallest absolute Gasteiger partial charge is 0.320 e. The van der Waals surface area contributed by atoms with Gasteiger partial charge >= 0.3 is 13.3 Å². The van der Waals surface area contributed by atoms with E-state index in [1.807, 2.05) is 0 Å². The van der Waals surface area contributed by atoms with Gasteiger partial charge in [-0.05, 0) is 12.8 Å². The van der Waals surface area contributed by atoms with E-state index in [-0.39, 0.29) is 12.8 Å². The standard InChI is InChI=1S/C7H13F2O3P/c8-7(9,13(10,11)12)6-4-2-1-3-5-6/h6H,1-5H2,(H2,10,11,12). The van der Waals surface area contributed by atoms with Crippen molar-refractivity contribution in [2.45, 2.75) is 37.8 Å². The normalized spacial score (nSPS) is 21.8. The van der Waals surface area contributed by atoms with Crippen LogP contribution in [0.2, 0.25) is 0 Å². The summed E-state index contributed by atoms with van der Waals surface area (Å²) in [5.41, 5.74) is -3.83. The minimum atomic E-state index is -5.27. The Morgan fingerprint density at radius 1 is 1.15 bits per heavy atom. The Bertz CT molecular complexity index is 220. The van der Waals surface area contributed by atoms with Gasteiger partial charge in [0, 0.05) is 5.92 Å². The number of alkyl halides is 2. The zero-order chi connectivity index (χ0) is 10.1. The van der Waals surface area contributed by atoms with Crippen molar-refractivity contribution in [2.75, 3.05) is 0 Å². The molecule has 0 aliphatic heterocycles. The van der Waals surface area contributed by atoms with Gasteiger partial charge < -0.3 is 9.79 Å². The van der Waals surface area contributed by atoms with Crippen molar-refractivity contribution in [3.63, 3.8) is 0 Å². The van der Waals surface area contributed by atoms with Crippen LogP contribution in [0.25, 0.3) is 0 Å². The van der Waals surface area contributed by atoms with Crippen LogP contribution in [0.1, 0.15) is 32.1 Å². The second kappa shape index (κ2) is 3.64. The highest BCUT2D eigenvalue weighted by Gasteiger charge is 2.54. The van der Waals surface area contributed by atoms with Crippen LogP contribution >= 0.6 is 7.60 Å². The molecule has 0 aromatic rings. The summed E-state index contributed by atoms with van der Waals surface area (Å²) in [5.74, 6) is -1.14. The summed E-state index contributed by atoms with van der Waals surface area (Å²) in [5, 5.41) is 0. The maximum atomic E-state index is 13.1. The summed E-state index contributed by atoms with van der Waals surface area (Å²) in [6, 6.07) is 0. The summed E-state index contributed by atoms with van der Waals surface area (Å²) in [6.07, 6.45) is 2.60. The fourth-order valence-electron chi connectivity index (χ4n) is 1.69. The molecule has 0 heterocycles. The third kappa shape index (κ3) is 2.27. The molecule has 0 atom stereocenters. The lowest BCUT2D eigenvalue weighted by molar-refractivity contribution is -0.0145. The van der Waals surface area contributed by atoms with E-state index < -0.39 is 19.2 Å². The number of hydrogen-bond acceptors (Lipinski definition) is 1. The van der Waals surface area contributed by atoms with Gasteiger partial charge in [-0.15, -0.1) is 0 Å². The summed E-state index contributed by atoms with van der Waals surface area (Å²) in [4.78, 5) is 16.9. The van der Waals surface area contributed by atoms with Crippen LogP contribution in [0, 0.1) is 5.92 Å². The lowest BCUT2D eigenvalue weighted by atomic mass is 9.89. The van der Waals surface area contributed by atoms with Gasteiger partial charge in [0.2, 0.25) is 0 Å². The van der Waals surface area contributed by atoms with Crippen molar-refractivity contribution in [1.29, 1.82) is 0 Å². The van der Waals surface area contributed by atoms with Crippen LogP contribution in [0.3, 0.4) is 0 Å². The van der Waals surface area contributed by atoms with Gasteiger partial charge in [0.25, 0.3) is 0 Å². The molecule has 0 unspecified atom stereocenters. The van der Waals surface area contributed by atoms with E-state index in [0.717, 1.165) is 6.42 Å². The van der Waals surface area contributed by atoms with Crippen LogP contribution in [0.15, 0.2) is 0 Å². The molecule has 0 aromatic heterocycles. The van der Waals surface area contributed by atoms with E-state index in [1.54, 1.807) is 0 Å². The second-order valence-electron chi connectivity index (χ2n) is 3.47. The summed E-state index contributed by atoms with van der Waals surface area (Å²) < 4.78 is 36.6. The molecule has 1 aliphatic carbocycles. The molecule has 6 heteroatoms. The van der Waals surface area contributed by atoms with Gasteiger partial charge in [-0.2, -0.15) is 8.78 Å². The van der Waals surface area contributed by atoms with Crippen molar-refractivity contribution in [3.05, 3.63) is 0 Å². The molecule has 0 saturated heterocycles. The molecule has 1 rings (SSSR count). The van der Waals surface area contributed by atoms with Crippen molar-refractivity contribution in [2.24, 2.45) is 5.92 Å². The lowest BCUT2D eigenvalue weighted by Gasteiger charge is -2.29. The summed E-state index contributed by atoms with van der Waals surface area (Å²) in [7, 11) is -5.27. The minimum Gasteiger partial charge on any atom is -0.320 e. The van der Waals surface area contributed by atoms with E-state index in [2.05, 4.69) is 0 Å². The zero-order valence-corrected chi connectivity index (χ0v) is 8.01. The van der Waals surface area contributed by atoms with E-state index in [9.17, 15) is 13.3 Å². The zero-order valence-electron chi connectivity index (χ0n) is 7.12. The molecular formula is C7H13F2O3P. The monoisotopic (exact) mass is 214 g/mol. The predicted octanol–water partition coefficient (Wildman–Crippen LogP) is 2.34. The van der Waals surface area contributed by atoms with Gasteiger partial charge in [-0.1, -0.05) is 19.3 Å². The molecule has 2 N–H and O–H groups in total. The Kier molecular flexibility index (Phi) is 3.10. The molecule has 13 heavy (non-hydrogen) atoms. The van der Waals surface area contributed by atoms with E-state index in [4.69, 9.17) is 9.79 Å². The molecule has 0 amide bonds. The van der Waals surface area contributed by atoms with Crippen LogP contribution < -0.4 is 0 Å². The topological polar surface area (TPSA) is 57.5 Å². The SMILES string of the molecule is O=P(O)(O)C(F)(F)C1CCCCC1. The molecule has 1 fully saturated rings. The van der Waals surface area contributed by atoms with Crippen LogP contribution in [0.4, 0.5) is 8.78 Å². The average molecular weight is 214 g/mol. The van der Waals surface area contributed by atoms with Gasteiger partial charge in [-0.3, -0.25) is 4.57 Å². The highest BCUT2D eigenvalue weighted by Crippen LogP contribution is 2.59. The van der Waals surface area contributed by atoms with Crippen LogP contribution in [-0.2, 0) is 4.57 Å². The van der Waals surface area contributed by atoms with Gasteiger partial charge in [0.1, 0.15) is 0 Å². The average Bonchev–Trinajstić information content (AvgIpc) is 2.04. The first kappa shape index (κ1) is 11.1. The molecule has 0 aromatic carbocycles. The molecule has 0 bridgehead atoms. The number of hydrogen-bond donors (Lipinski definition) is 2. The molecule has 0 spiro atoms. The first-order valence-corrected chi connectivity index (χ1v) is 5.90. The Morgan fingerprint density at radius 2 is 1.62 bits per heavy atom. The van der Waals surface area contributed by atoms with Crippen molar-refractivity contribution >= 4 is 7.60 Å². The first-order chi connectivity index (χ1) is 5.86. The van der Waals surface area contributed by atoms with Gasteiger partial charge in [-0.25, -0.2) is 0 Å². The van der Waals surface area contributed by atoms with Gasteiger partial charge in [0.05, 0.1) is 0 Å². The fourth-order valence-corrected chi connectivity index (χ4v) is 2.42. The van der Waals surface area contributed by atoms with E-state index >= 15 is 0 Å². The number of halogens is 2. The second-order valence-corrected chi connectivity index (χ2v) is 5.15. The van der Waals surface area contributed by atoms with Crippen molar-refractivity contribution in [1.82, 2.24) is 0 Å². The van der Waals surface area contributed by atoms with E-state index in [0.29, 0.717) is 12.8 Å². The van der Waals surface area contributed by atoms with Crippen LogP contribution in [-0.4, -0.2) is 15.5 Å². The van der Waals surface area contributed by atoms with Gasteiger partial charge in [0.15, 0.2) is 0 Å². The van der Waals surface area contributed by atoms with Crippen molar-refractivity contribution < 1.29 is 23.1 Å². The maximum Gasteiger partial charge on any atom is 0.394 e. The Morgan fingerprint density at radius 3 is 2.00 bits per heavy atom. The molecule has 3 nitrogen and oxygen atoms in total. The summed E-state index contributed by atoms with van der Waals surface area (Å²) >= 11 is 0. The molecule has 1 saturated carbocycles. The van der Waals surface area contributed by atoms with E-state index in [1.165, 1.54) is 0 Å². The highest BCUT2D eigenvalue weighted by atomic mass is 31.2. The first-order valence-electron chi connectivity index (χ1n) is 4.29. The summed E-state index contributed by atoms with van der Waals surface area (Å²) in [6.45, 7) is 0. The quantitative estimate of drug-likeness (QED) is 0.693. The Labute approximate surface area is 75.3 Å². The predicted molar refractivity (Wildman–Crippen MR) is 43.6 cm³/mol. The maximum absolute atomic E-state index is 13.1. The fraction of sp³-hybridized carbons (Fsp3) is 1.00. The van der Waals surface area contributed by atoms with Crippen LogP contribution in [0.5, 0.6) is 0 Å². The van der Waals surface area contributed by atoms with Crippen molar-refractivity contribution in [3.8, 4) is 0 Å².